The molecule has 2 aliphatic heterocycles. The fraction of sp³-hybridized carbons (Fsp3) is 0.526. The van der Waals surface area contributed by atoms with Crippen molar-refractivity contribution in [3.8, 4) is 0 Å². The highest BCUT2D eigenvalue weighted by molar-refractivity contribution is 5.68. The molecule has 2 aliphatic rings. The zero-order valence-electron chi connectivity index (χ0n) is 13.4. The molecule has 0 amide bonds. The van der Waals surface area contributed by atoms with Crippen LogP contribution in [0.2, 0.25) is 0 Å². The van der Waals surface area contributed by atoms with Crippen LogP contribution < -0.4 is 0 Å². The molecule has 4 nitrogen and oxygen atoms in total. The SMILES string of the molecule is C=CCC(O)C=C[C@@H]1[C@H](CC=CC=CCC(=O)O)[C@@H]2CC[C@H]1O2. The lowest BCUT2D eigenvalue weighted by Crippen LogP contribution is -2.25. The van der Waals surface area contributed by atoms with Crippen LogP contribution in [0.25, 0.3) is 0 Å². The lowest BCUT2D eigenvalue weighted by Gasteiger charge is -2.24. The van der Waals surface area contributed by atoms with Crippen molar-refractivity contribution in [2.75, 3.05) is 0 Å². The van der Waals surface area contributed by atoms with Crippen LogP contribution >= 0.6 is 0 Å². The van der Waals surface area contributed by atoms with Crippen molar-refractivity contribution in [3.63, 3.8) is 0 Å². The van der Waals surface area contributed by atoms with Crippen LogP contribution in [0.3, 0.4) is 0 Å². The van der Waals surface area contributed by atoms with Crippen LogP contribution in [0.5, 0.6) is 0 Å². The molecule has 0 aliphatic carbocycles. The molecule has 0 aromatic heterocycles. The quantitative estimate of drug-likeness (QED) is 0.506. The topological polar surface area (TPSA) is 66.8 Å². The van der Waals surface area contributed by atoms with Crippen LogP contribution in [-0.4, -0.2) is 34.5 Å². The van der Waals surface area contributed by atoms with Crippen molar-refractivity contribution in [2.24, 2.45) is 11.8 Å². The van der Waals surface area contributed by atoms with Gasteiger partial charge in [-0.1, -0.05) is 42.5 Å². The molecule has 5 atom stereocenters. The molecule has 0 spiro atoms. The molecule has 2 saturated heterocycles. The maximum absolute atomic E-state index is 10.4. The van der Waals surface area contributed by atoms with E-state index in [0.29, 0.717) is 24.4 Å². The van der Waals surface area contributed by atoms with E-state index in [9.17, 15) is 9.90 Å². The van der Waals surface area contributed by atoms with Gasteiger partial charge in [-0.15, -0.1) is 6.58 Å². The summed E-state index contributed by atoms with van der Waals surface area (Å²) in [5.41, 5.74) is 0. The number of ether oxygens (including phenoxy) is 1. The Kier molecular flexibility index (Phi) is 6.81. The molecular weight excluding hydrogens is 292 g/mol. The molecular formula is C19H26O4. The van der Waals surface area contributed by atoms with Crippen molar-refractivity contribution in [1.82, 2.24) is 0 Å². The Hall–Kier alpha value is -1.65. The summed E-state index contributed by atoms with van der Waals surface area (Å²) in [6, 6.07) is 0. The van der Waals surface area contributed by atoms with E-state index in [-0.39, 0.29) is 12.5 Å². The van der Waals surface area contributed by atoms with Gasteiger partial charge in [-0.05, 0) is 31.6 Å². The van der Waals surface area contributed by atoms with E-state index in [1.165, 1.54) is 0 Å². The molecule has 2 bridgehead atoms. The standard InChI is InChI=1S/C19H26O4/c1-2-7-14(20)10-11-16-15(17-12-13-18(16)23-17)8-5-3-4-6-9-19(21)22/h2-6,10-11,14-18,20H,1,7-9,12-13H2,(H,21,22)/t14?,15-,16+,17-,18+/m0/s1. The normalized spacial score (nSPS) is 31.5. The number of aliphatic carboxylic acids is 1. The van der Waals surface area contributed by atoms with Gasteiger partial charge in [0.2, 0.25) is 0 Å². The van der Waals surface area contributed by atoms with Crippen LogP contribution in [0.15, 0.2) is 49.1 Å². The predicted octanol–water partition coefficient (Wildman–Crippen LogP) is 3.25. The van der Waals surface area contributed by atoms with Crippen molar-refractivity contribution < 1.29 is 19.7 Å². The number of rotatable bonds is 9. The van der Waals surface area contributed by atoms with Crippen molar-refractivity contribution in [3.05, 3.63) is 49.1 Å². The van der Waals surface area contributed by atoms with Gasteiger partial charge in [-0.25, -0.2) is 0 Å². The number of hydrogen-bond donors (Lipinski definition) is 2. The van der Waals surface area contributed by atoms with Gasteiger partial charge in [0.25, 0.3) is 0 Å². The van der Waals surface area contributed by atoms with Crippen molar-refractivity contribution >= 4 is 5.97 Å². The molecule has 2 N–H and O–H groups in total. The van der Waals surface area contributed by atoms with Gasteiger partial charge < -0.3 is 14.9 Å². The number of aliphatic hydroxyl groups excluding tert-OH is 1. The monoisotopic (exact) mass is 318 g/mol. The van der Waals surface area contributed by atoms with Gasteiger partial charge >= 0.3 is 5.97 Å². The van der Waals surface area contributed by atoms with E-state index in [2.05, 4.69) is 18.7 Å². The average molecular weight is 318 g/mol. The number of allylic oxidation sites excluding steroid dienone is 3. The Morgan fingerprint density at radius 2 is 2.00 bits per heavy atom. The van der Waals surface area contributed by atoms with Crippen LogP contribution in [0.4, 0.5) is 0 Å². The summed E-state index contributed by atoms with van der Waals surface area (Å²) in [5.74, 6) is -0.0367. The van der Waals surface area contributed by atoms with E-state index in [1.807, 2.05) is 12.2 Å². The summed E-state index contributed by atoms with van der Waals surface area (Å²) in [5, 5.41) is 18.4. The molecule has 2 rings (SSSR count). The Balaban J connectivity index is 1.88. The van der Waals surface area contributed by atoms with Gasteiger partial charge in [0.05, 0.1) is 24.7 Å². The highest BCUT2D eigenvalue weighted by atomic mass is 16.5. The summed E-state index contributed by atoms with van der Waals surface area (Å²) in [6.07, 6.45) is 16.9. The second-order valence-corrected chi connectivity index (χ2v) is 6.20. The largest absolute Gasteiger partial charge is 0.481 e. The fourth-order valence-electron chi connectivity index (χ4n) is 3.45. The third-order valence-corrected chi connectivity index (χ3v) is 4.53. The van der Waals surface area contributed by atoms with Gasteiger partial charge in [0.1, 0.15) is 0 Å². The first-order chi connectivity index (χ1) is 11.1. The number of hydrogen-bond acceptors (Lipinski definition) is 3. The first-order valence-electron chi connectivity index (χ1n) is 8.28. The maximum atomic E-state index is 10.4. The lowest BCUT2D eigenvalue weighted by atomic mass is 9.77. The number of carbonyl (C=O) groups is 1. The molecule has 2 fully saturated rings. The van der Waals surface area contributed by atoms with E-state index in [1.54, 1.807) is 18.2 Å². The van der Waals surface area contributed by atoms with Gasteiger partial charge in [0.15, 0.2) is 0 Å². The predicted molar refractivity (Wildman–Crippen MR) is 90.0 cm³/mol. The van der Waals surface area contributed by atoms with Gasteiger partial charge in [-0.3, -0.25) is 4.79 Å². The van der Waals surface area contributed by atoms with Crippen LogP contribution in [0.1, 0.15) is 32.1 Å². The molecule has 0 aromatic carbocycles. The summed E-state index contributed by atoms with van der Waals surface area (Å²) in [7, 11) is 0. The number of fused-ring (bicyclic) bond motifs is 2. The van der Waals surface area contributed by atoms with Crippen molar-refractivity contribution in [1.29, 1.82) is 0 Å². The second kappa shape index (κ2) is 8.85. The van der Waals surface area contributed by atoms with Crippen LogP contribution in [0, 0.1) is 11.8 Å². The Bertz CT molecular complexity index is 492. The smallest absolute Gasteiger partial charge is 0.307 e. The molecule has 126 valence electrons. The van der Waals surface area contributed by atoms with Crippen molar-refractivity contribution in [2.45, 2.75) is 50.4 Å². The second-order valence-electron chi connectivity index (χ2n) is 6.20. The zero-order valence-corrected chi connectivity index (χ0v) is 13.4. The van der Waals surface area contributed by atoms with E-state index in [4.69, 9.17) is 9.84 Å². The minimum Gasteiger partial charge on any atom is -0.481 e. The highest BCUT2D eigenvalue weighted by Crippen LogP contribution is 2.45. The van der Waals surface area contributed by atoms with Gasteiger partial charge in [0, 0.05) is 5.92 Å². The van der Waals surface area contributed by atoms with E-state index in [0.717, 1.165) is 19.3 Å². The minimum absolute atomic E-state index is 0.0497. The average Bonchev–Trinajstić information content (AvgIpc) is 3.10. The number of aliphatic hydroxyl groups is 1. The van der Waals surface area contributed by atoms with E-state index < -0.39 is 12.1 Å². The lowest BCUT2D eigenvalue weighted by molar-refractivity contribution is -0.136. The zero-order chi connectivity index (χ0) is 16.7. The summed E-state index contributed by atoms with van der Waals surface area (Å²) in [6.45, 7) is 3.64. The third kappa shape index (κ3) is 5.19. The van der Waals surface area contributed by atoms with Crippen LogP contribution in [-0.2, 0) is 9.53 Å². The summed E-state index contributed by atoms with van der Waals surface area (Å²) in [4.78, 5) is 10.4. The van der Waals surface area contributed by atoms with Gasteiger partial charge in [-0.2, -0.15) is 0 Å². The molecule has 0 saturated carbocycles. The maximum Gasteiger partial charge on any atom is 0.307 e. The first-order valence-corrected chi connectivity index (χ1v) is 8.28. The summed E-state index contributed by atoms with van der Waals surface area (Å²) < 4.78 is 6.02. The molecule has 4 heteroatoms. The number of carboxylic acids is 1. The third-order valence-electron chi connectivity index (χ3n) is 4.53. The Labute approximate surface area is 137 Å². The molecule has 0 aromatic rings. The molecule has 2 heterocycles. The fourth-order valence-corrected chi connectivity index (χ4v) is 3.45. The molecule has 0 radical (unpaired) electrons. The van der Waals surface area contributed by atoms with E-state index >= 15 is 0 Å². The Morgan fingerprint density at radius 1 is 1.26 bits per heavy atom. The highest BCUT2D eigenvalue weighted by Gasteiger charge is 2.46. The Morgan fingerprint density at radius 3 is 2.74 bits per heavy atom. The first kappa shape index (κ1) is 17.7. The molecule has 1 unspecified atom stereocenters. The summed E-state index contributed by atoms with van der Waals surface area (Å²) >= 11 is 0. The molecule has 23 heavy (non-hydrogen) atoms. The minimum atomic E-state index is -0.820. The number of carboxylic acid groups (broad SMARTS) is 1.